The van der Waals surface area contributed by atoms with Gasteiger partial charge in [0, 0.05) is 30.9 Å². The third-order valence-electron chi connectivity index (χ3n) is 6.12. The van der Waals surface area contributed by atoms with Gasteiger partial charge in [0.05, 0.1) is 17.5 Å². The molecule has 6 unspecified atom stereocenters. The van der Waals surface area contributed by atoms with E-state index in [1.165, 1.54) is 0 Å². The molecule has 0 aromatic rings. The van der Waals surface area contributed by atoms with Gasteiger partial charge in [0.1, 0.15) is 5.37 Å². The zero-order chi connectivity index (χ0) is 20.2. The third kappa shape index (κ3) is 5.40. The van der Waals surface area contributed by atoms with E-state index >= 15 is 0 Å². The lowest BCUT2D eigenvalue weighted by molar-refractivity contribution is -0.127. The Morgan fingerprint density at radius 1 is 1.17 bits per heavy atom. The second-order valence-electron chi connectivity index (χ2n) is 8.34. The number of hydrazine groups is 1. The van der Waals surface area contributed by atoms with Crippen LogP contribution >= 0.6 is 23.5 Å². The normalized spacial score (nSPS) is 37.8. The highest BCUT2D eigenvalue weighted by atomic mass is 32.2. The number of rotatable bonds is 6. The fourth-order valence-corrected chi connectivity index (χ4v) is 7.34. The van der Waals surface area contributed by atoms with Crippen molar-refractivity contribution in [3.8, 4) is 0 Å². The fourth-order valence-electron chi connectivity index (χ4n) is 4.59. The Kier molecular flexibility index (Phi) is 7.63. The smallest absolute Gasteiger partial charge is 0.248 e. The van der Waals surface area contributed by atoms with Crippen LogP contribution in [-0.2, 0) is 9.59 Å². The molecule has 10 heteroatoms. The largest absolute Gasteiger partial charge is 0.341 e. The van der Waals surface area contributed by atoms with Gasteiger partial charge in [-0.05, 0) is 44.4 Å². The molecular weight excluding hydrogens is 408 g/mol. The van der Waals surface area contributed by atoms with Crippen LogP contribution in [0.3, 0.4) is 0 Å². The first-order chi connectivity index (χ1) is 14.1. The molecule has 0 saturated carbocycles. The number of hydrogen-bond donors (Lipinski definition) is 5. The van der Waals surface area contributed by atoms with E-state index in [0.717, 1.165) is 64.0 Å². The lowest BCUT2D eigenvalue weighted by Crippen LogP contribution is -2.58. The first-order valence-corrected chi connectivity index (χ1v) is 13.0. The van der Waals surface area contributed by atoms with E-state index in [1.807, 2.05) is 0 Å². The summed E-state index contributed by atoms with van der Waals surface area (Å²) in [5.74, 6) is 0.818. The van der Waals surface area contributed by atoms with Gasteiger partial charge < -0.3 is 16.0 Å². The van der Waals surface area contributed by atoms with Crippen LogP contribution in [0.25, 0.3) is 0 Å². The lowest BCUT2D eigenvalue weighted by Gasteiger charge is -2.35. The minimum atomic E-state index is -0.211. The van der Waals surface area contributed by atoms with Crippen LogP contribution in [0, 0.1) is 5.92 Å². The number of thioether (sulfide) groups is 2. The number of amides is 2. The van der Waals surface area contributed by atoms with Gasteiger partial charge >= 0.3 is 0 Å². The molecule has 0 bridgehead atoms. The molecule has 4 saturated heterocycles. The number of carbonyl (C=O) groups is 2. The van der Waals surface area contributed by atoms with Crippen LogP contribution in [0.5, 0.6) is 0 Å². The van der Waals surface area contributed by atoms with Gasteiger partial charge in [0.15, 0.2) is 0 Å². The molecule has 0 aliphatic carbocycles. The Morgan fingerprint density at radius 3 is 2.90 bits per heavy atom. The molecule has 0 aromatic carbocycles. The predicted octanol–water partition coefficient (Wildman–Crippen LogP) is 0.0275. The van der Waals surface area contributed by atoms with Gasteiger partial charge in [0.2, 0.25) is 11.8 Å². The molecule has 0 aromatic heterocycles. The van der Waals surface area contributed by atoms with Crippen molar-refractivity contribution in [2.75, 3.05) is 31.9 Å². The molecular formula is C19H34N6O2S2. The summed E-state index contributed by atoms with van der Waals surface area (Å²) >= 11 is 3.43. The average Bonchev–Trinajstić information content (AvgIpc) is 3.35. The molecule has 2 amide bonds. The van der Waals surface area contributed by atoms with Crippen molar-refractivity contribution in [2.45, 2.75) is 67.2 Å². The zero-order valence-electron chi connectivity index (χ0n) is 17.1. The predicted molar refractivity (Wildman–Crippen MR) is 118 cm³/mol. The van der Waals surface area contributed by atoms with Gasteiger partial charge in [-0.25, -0.2) is 10.4 Å². The third-order valence-corrected chi connectivity index (χ3v) is 8.93. The summed E-state index contributed by atoms with van der Waals surface area (Å²) in [5.41, 5.74) is 3.43. The highest BCUT2D eigenvalue weighted by Crippen LogP contribution is 2.34. The van der Waals surface area contributed by atoms with E-state index in [2.05, 4.69) is 38.6 Å². The zero-order valence-corrected chi connectivity index (χ0v) is 18.7. The lowest BCUT2D eigenvalue weighted by atomic mass is 10.0. The highest BCUT2D eigenvalue weighted by Gasteiger charge is 2.42. The van der Waals surface area contributed by atoms with Crippen LogP contribution in [-0.4, -0.2) is 77.0 Å². The van der Waals surface area contributed by atoms with Crippen LogP contribution in [0.1, 0.15) is 39.0 Å². The summed E-state index contributed by atoms with van der Waals surface area (Å²) in [6.45, 7) is 6.13. The van der Waals surface area contributed by atoms with Gasteiger partial charge in [0.25, 0.3) is 0 Å². The standard InChI is InChI=1S/C19H34N6O2S2/c1-2-8-25-9-3-4-15(24-25)22-16(26)12-6-10-28-18(12)23-17(27)19-21-13-11-20-7-5-14(13)29-19/h12-15,18-21,24H,2-11H2,1H3,(H,22,26)(H,23,27). The molecule has 164 valence electrons. The molecule has 4 aliphatic heterocycles. The number of carbonyl (C=O) groups excluding carboxylic acids is 2. The Hall–Kier alpha value is -0.520. The molecule has 29 heavy (non-hydrogen) atoms. The molecule has 4 rings (SSSR count). The number of nitrogens with one attached hydrogen (secondary N) is 5. The SMILES string of the molecule is CCCN1CCCC(NC(=O)C2CCSC2NC(=O)C2NC3CNCCC3S2)N1. The van der Waals surface area contributed by atoms with E-state index in [-0.39, 0.29) is 34.6 Å². The summed E-state index contributed by atoms with van der Waals surface area (Å²) in [4.78, 5) is 25.8. The maximum absolute atomic E-state index is 12.9. The number of piperidine rings is 1. The van der Waals surface area contributed by atoms with Crippen molar-refractivity contribution in [2.24, 2.45) is 5.92 Å². The van der Waals surface area contributed by atoms with E-state index in [9.17, 15) is 9.59 Å². The fraction of sp³-hybridized carbons (Fsp3) is 0.895. The van der Waals surface area contributed by atoms with Crippen LogP contribution in [0.4, 0.5) is 0 Å². The van der Waals surface area contributed by atoms with Crippen molar-refractivity contribution in [3.63, 3.8) is 0 Å². The minimum Gasteiger partial charge on any atom is -0.341 e. The van der Waals surface area contributed by atoms with Crippen LogP contribution in [0.2, 0.25) is 0 Å². The van der Waals surface area contributed by atoms with Gasteiger partial charge in [-0.15, -0.1) is 23.5 Å². The summed E-state index contributed by atoms with van der Waals surface area (Å²) in [6.07, 6.45) is 5.02. The Labute approximate surface area is 181 Å². The first-order valence-electron chi connectivity index (χ1n) is 11.0. The Balaban J connectivity index is 1.27. The van der Waals surface area contributed by atoms with Crippen molar-refractivity contribution in [3.05, 3.63) is 0 Å². The Morgan fingerprint density at radius 2 is 2.07 bits per heavy atom. The average molecular weight is 443 g/mol. The number of fused-ring (bicyclic) bond motifs is 1. The van der Waals surface area contributed by atoms with Crippen molar-refractivity contribution in [1.29, 1.82) is 0 Å². The van der Waals surface area contributed by atoms with Crippen LogP contribution < -0.4 is 26.7 Å². The van der Waals surface area contributed by atoms with E-state index in [1.54, 1.807) is 23.5 Å². The molecule has 6 atom stereocenters. The summed E-state index contributed by atoms with van der Waals surface area (Å²) in [5, 5.41) is 15.5. The van der Waals surface area contributed by atoms with Crippen molar-refractivity contribution in [1.82, 2.24) is 31.7 Å². The summed E-state index contributed by atoms with van der Waals surface area (Å²) in [7, 11) is 0. The number of nitrogens with zero attached hydrogens (tertiary/aromatic N) is 1. The molecule has 0 radical (unpaired) electrons. The maximum Gasteiger partial charge on any atom is 0.248 e. The maximum atomic E-state index is 12.9. The van der Waals surface area contributed by atoms with E-state index in [4.69, 9.17) is 0 Å². The molecule has 8 nitrogen and oxygen atoms in total. The molecule has 4 fully saturated rings. The van der Waals surface area contributed by atoms with Crippen LogP contribution in [0.15, 0.2) is 0 Å². The quantitative estimate of drug-likeness (QED) is 0.393. The minimum absolute atomic E-state index is 0.00701. The van der Waals surface area contributed by atoms with E-state index < -0.39 is 0 Å². The second-order valence-corrected chi connectivity index (χ2v) is 10.9. The monoisotopic (exact) mass is 442 g/mol. The number of hydrogen-bond acceptors (Lipinski definition) is 8. The molecule has 5 N–H and O–H groups in total. The molecule has 0 spiro atoms. The highest BCUT2D eigenvalue weighted by molar-refractivity contribution is 8.01. The van der Waals surface area contributed by atoms with E-state index in [0.29, 0.717) is 11.3 Å². The molecule has 4 aliphatic rings. The topological polar surface area (TPSA) is 97.5 Å². The van der Waals surface area contributed by atoms with Gasteiger partial charge in [-0.3, -0.25) is 14.9 Å². The van der Waals surface area contributed by atoms with Crippen molar-refractivity contribution >= 4 is 35.3 Å². The second kappa shape index (κ2) is 10.2. The molecule has 4 heterocycles. The van der Waals surface area contributed by atoms with Gasteiger partial charge in [-0.2, -0.15) is 0 Å². The Bertz CT molecular complexity index is 581. The summed E-state index contributed by atoms with van der Waals surface area (Å²) < 4.78 is 0. The summed E-state index contributed by atoms with van der Waals surface area (Å²) in [6, 6.07) is 0.364. The van der Waals surface area contributed by atoms with Gasteiger partial charge in [-0.1, -0.05) is 6.92 Å². The van der Waals surface area contributed by atoms with Crippen molar-refractivity contribution < 1.29 is 9.59 Å². The first kappa shape index (κ1) is 21.7.